The molecule has 3 rings (SSSR count). The van der Waals surface area contributed by atoms with Crippen molar-refractivity contribution in [3.05, 3.63) is 35.7 Å². The van der Waals surface area contributed by atoms with Gasteiger partial charge in [0, 0.05) is 12.1 Å². The van der Waals surface area contributed by atoms with Crippen LogP contribution in [0.1, 0.15) is 34.9 Å². The molecule has 2 heterocycles. The quantitative estimate of drug-likeness (QED) is 0.798. The zero-order chi connectivity index (χ0) is 15.9. The van der Waals surface area contributed by atoms with Crippen LogP contribution in [0.15, 0.2) is 24.3 Å². The van der Waals surface area contributed by atoms with E-state index in [4.69, 9.17) is 0 Å². The Morgan fingerprint density at radius 3 is 2.45 bits per heavy atom. The van der Waals surface area contributed by atoms with E-state index in [1.807, 2.05) is 0 Å². The standard InChI is InChI=1S/C15H14N2O5/c18-9-5-3-8(4-6-9)13-16-11(15(21)22)12-10(14(19)20)2-1-7-17(12)13/h3-6,10,18H,1-2,7H2,(H,19,20)(H,21,22). The zero-order valence-electron chi connectivity index (χ0n) is 11.6. The molecule has 0 fully saturated rings. The summed E-state index contributed by atoms with van der Waals surface area (Å²) in [6.45, 7) is 0.523. The maximum atomic E-state index is 11.4. The van der Waals surface area contributed by atoms with Gasteiger partial charge < -0.3 is 19.9 Å². The van der Waals surface area contributed by atoms with Crippen LogP contribution in [0, 0.1) is 0 Å². The molecular formula is C15H14N2O5. The summed E-state index contributed by atoms with van der Waals surface area (Å²) in [4.78, 5) is 27.0. The van der Waals surface area contributed by atoms with Crippen molar-refractivity contribution in [1.82, 2.24) is 9.55 Å². The highest BCUT2D eigenvalue weighted by molar-refractivity contribution is 5.91. The van der Waals surface area contributed by atoms with Gasteiger partial charge in [0.1, 0.15) is 11.6 Å². The Bertz CT molecular complexity index is 748. The van der Waals surface area contributed by atoms with Gasteiger partial charge in [-0.3, -0.25) is 4.79 Å². The first-order valence-corrected chi connectivity index (χ1v) is 6.85. The third kappa shape index (κ3) is 2.20. The lowest BCUT2D eigenvalue weighted by Gasteiger charge is -2.22. The van der Waals surface area contributed by atoms with E-state index in [1.54, 1.807) is 16.7 Å². The molecule has 1 atom stereocenters. The van der Waals surface area contributed by atoms with Crippen molar-refractivity contribution in [2.75, 3.05) is 0 Å². The topological polar surface area (TPSA) is 113 Å². The summed E-state index contributed by atoms with van der Waals surface area (Å²) in [6, 6.07) is 6.21. The number of aliphatic carboxylic acids is 1. The average molecular weight is 302 g/mol. The van der Waals surface area contributed by atoms with Crippen molar-refractivity contribution in [3.8, 4) is 17.1 Å². The first kappa shape index (κ1) is 14.1. The van der Waals surface area contributed by atoms with Crippen LogP contribution in [0.4, 0.5) is 0 Å². The minimum atomic E-state index is -1.23. The Morgan fingerprint density at radius 2 is 1.86 bits per heavy atom. The van der Waals surface area contributed by atoms with E-state index in [1.165, 1.54) is 12.1 Å². The van der Waals surface area contributed by atoms with Gasteiger partial charge in [0.15, 0.2) is 5.69 Å². The Labute approximate surface area is 125 Å². The van der Waals surface area contributed by atoms with Crippen LogP contribution in [0.5, 0.6) is 5.75 Å². The number of phenolic OH excluding ortho intramolecular Hbond substituents is 1. The third-order valence-electron chi connectivity index (χ3n) is 3.84. The number of aromatic nitrogens is 2. The third-order valence-corrected chi connectivity index (χ3v) is 3.84. The normalized spacial score (nSPS) is 17.0. The second-order valence-electron chi connectivity index (χ2n) is 5.21. The molecule has 7 nitrogen and oxygen atoms in total. The lowest BCUT2D eigenvalue weighted by Crippen LogP contribution is -2.24. The Morgan fingerprint density at radius 1 is 1.18 bits per heavy atom. The fourth-order valence-electron chi connectivity index (χ4n) is 2.86. The van der Waals surface area contributed by atoms with Crippen LogP contribution in [-0.2, 0) is 11.3 Å². The fraction of sp³-hybridized carbons (Fsp3) is 0.267. The van der Waals surface area contributed by atoms with Crippen LogP contribution in [0.25, 0.3) is 11.4 Å². The van der Waals surface area contributed by atoms with Crippen LogP contribution >= 0.6 is 0 Å². The number of hydrogen-bond acceptors (Lipinski definition) is 4. The maximum absolute atomic E-state index is 11.4. The van der Waals surface area contributed by atoms with E-state index >= 15 is 0 Å². The molecule has 1 aromatic heterocycles. The minimum absolute atomic E-state index is 0.0936. The van der Waals surface area contributed by atoms with Gasteiger partial charge in [-0.05, 0) is 37.1 Å². The molecule has 3 N–H and O–H groups in total. The van der Waals surface area contributed by atoms with Gasteiger partial charge in [0.25, 0.3) is 0 Å². The van der Waals surface area contributed by atoms with E-state index in [-0.39, 0.29) is 17.1 Å². The molecule has 1 aliphatic rings. The van der Waals surface area contributed by atoms with Gasteiger partial charge in [-0.15, -0.1) is 0 Å². The lowest BCUT2D eigenvalue weighted by atomic mass is 9.94. The molecule has 0 spiro atoms. The summed E-state index contributed by atoms with van der Waals surface area (Å²) in [5.74, 6) is -2.63. The van der Waals surface area contributed by atoms with E-state index < -0.39 is 17.9 Å². The SMILES string of the molecule is O=C(O)c1nc(-c2ccc(O)cc2)n2c1C(C(=O)O)CCC2. The van der Waals surface area contributed by atoms with Crippen molar-refractivity contribution in [2.24, 2.45) is 0 Å². The average Bonchev–Trinajstić information content (AvgIpc) is 2.87. The van der Waals surface area contributed by atoms with Crippen molar-refractivity contribution in [3.63, 3.8) is 0 Å². The van der Waals surface area contributed by atoms with Gasteiger partial charge in [0.2, 0.25) is 0 Å². The largest absolute Gasteiger partial charge is 0.508 e. The van der Waals surface area contributed by atoms with Crippen LogP contribution in [0.2, 0.25) is 0 Å². The van der Waals surface area contributed by atoms with Crippen molar-refractivity contribution in [2.45, 2.75) is 25.3 Å². The predicted octanol–water partition coefficient (Wildman–Crippen LogP) is 1.92. The van der Waals surface area contributed by atoms with E-state index in [0.29, 0.717) is 30.8 Å². The zero-order valence-corrected chi connectivity index (χ0v) is 11.6. The molecule has 1 aromatic carbocycles. The Balaban J connectivity index is 2.21. The van der Waals surface area contributed by atoms with Gasteiger partial charge >= 0.3 is 11.9 Å². The molecule has 7 heteroatoms. The molecule has 0 amide bonds. The number of fused-ring (bicyclic) bond motifs is 1. The molecule has 114 valence electrons. The summed E-state index contributed by atoms with van der Waals surface area (Å²) >= 11 is 0. The number of carboxylic acids is 2. The fourth-order valence-corrected chi connectivity index (χ4v) is 2.86. The maximum Gasteiger partial charge on any atom is 0.356 e. The molecule has 0 bridgehead atoms. The summed E-state index contributed by atoms with van der Waals surface area (Å²) < 4.78 is 1.66. The van der Waals surface area contributed by atoms with E-state index in [2.05, 4.69) is 4.98 Å². The molecule has 2 aromatic rings. The Kier molecular flexibility index (Phi) is 3.32. The van der Waals surface area contributed by atoms with E-state index in [9.17, 15) is 24.9 Å². The van der Waals surface area contributed by atoms with Gasteiger partial charge in [-0.1, -0.05) is 0 Å². The number of phenols is 1. The minimum Gasteiger partial charge on any atom is -0.508 e. The number of carboxylic acid groups (broad SMARTS) is 2. The summed E-state index contributed by atoms with van der Waals surface area (Å²) in [6.07, 6.45) is 1.04. The second-order valence-corrected chi connectivity index (χ2v) is 5.21. The summed E-state index contributed by atoms with van der Waals surface area (Å²) in [5, 5.41) is 28.0. The predicted molar refractivity (Wildman–Crippen MR) is 75.9 cm³/mol. The van der Waals surface area contributed by atoms with Crippen LogP contribution < -0.4 is 0 Å². The van der Waals surface area contributed by atoms with Gasteiger partial charge in [0.05, 0.1) is 11.6 Å². The molecule has 0 saturated carbocycles. The van der Waals surface area contributed by atoms with Gasteiger partial charge in [-0.2, -0.15) is 0 Å². The molecule has 1 aliphatic heterocycles. The summed E-state index contributed by atoms with van der Waals surface area (Å²) in [7, 11) is 0. The molecule has 0 aliphatic carbocycles. The number of aromatic hydroxyl groups is 1. The number of hydrogen-bond donors (Lipinski definition) is 3. The van der Waals surface area contributed by atoms with E-state index in [0.717, 1.165) is 0 Å². The summed E-state index contributed by atoms with van der Waals surface area (Å²) in [5.41, 5.74) is 0.669. The first-order chi connectivity index (χ1) is 10.5. The molecule has 0 radical (unpaired) electrons. The first-order valence-electron chi connectivity index (χ1n) is 6.85. The van der Waals surface area contributed by atoms with Crippen LogP contribution in [-0.4, -0.2) is 36.8 Å². The molecule has 0 saturated heterocycles. The monoisotopic (exact) mass is 302 g/mol. The smallest absolute Gasteiger partial charge is 0.356 e. The number of aromatic carboxylic acids is 1. The number of carbonyl (C=O) groups is 2. The highest BCUT2D eigenvalue weighted by atomic mass is 16.4. The second kappa shape index (κ2) is 5.18. The highest BCUT2D eigenvalue weighted by Gasteiger charge is 2.35. The van der Waals surface area contributed by atoms with Crippen molar-refractivity contribution < 1.29 is 24.9 Å². The highest BCUT2D eigenvalue weighted by Crippen LogP contribution is 2.35. The van der Waals surface area contributed by atoms with Gasteiger partial charge in [-0.25, -0.2) is 9.78 Å². The van der Waals surface area contributed by atoms with Crippen molar-refractivity contribution in [1.29, 1.82) is 0 Å². The molecule has 22 heavy (non-hydrogen) atoms. The Hall–Kier alpha value is -2.83. The lowest BCUT2D eigenvalue weighted by molar-refractivity contribution is -0.139. The number of imidazole rings is 1. The molecular weight excluding hydrogens is 288 g/mol. The number of nitrogens with zero attached hydrogens (tertiary/aromatic N) is 2. The number of benzene rings is 1. The van der Waals surface area contributed by atoms with Crippen molar-refractivity contribution >= 4 is 11.9 Å². The van der Waals surface area contributed by atoms with Crippen LogP contribution in [0.3, 0.4) is 0 Å². The molecule has 1 unspecified atom stereocenters. The number of rotatable bonds is 3.